The zero-order chi connectivity index (χ0) is 22.3. The molecule has 0 aromatic heterocycles. The molecular weight excluding hydrogens is 430 g/mol. The molecule has 0 spiro atoms. The van der Waals surface area contributed by atoms with Crippen molar-refractivity contribution in [1.82, 2.24) is 5.32 Å². The summed E-state index contributed by atoms with van der Waals surface area (Å²) in [5, 5.41) is 18.3. The van der Waals surface area contributed by atoms with E-state index in [-0.39, 0.29) is 27.1 Å². The average Bonchev–Trinajstić information content (AvgIpc) is 2.69. The first kappa shape index (κ1) is 23.7. The fourth-order valence-electron chi connectivity index (χ4n) is 2.34. The number of carbonyl (C=O) groups excluding carboxylic acids is 1. The van der Waals surface area contributed by atoms with Crippen molar-refractivity contribution in [2.45, 2.75) is 25.2 Å². The maximum Gasteiger partial charge on any atom is 0.423 e. The first-order valence-corrected chi connectivity index (χ1v) is 11.0. The highest BCUT2D eigenvalue weighted by Gasteiger charge is 2.22. The van der Waals surface area contributed by atoms with Gasteiger partial charge in [-0.1, -0.05) is 25.4 Å². The van der Waals surface area contributed by atoms with Gasteiger partial charge in [0.25, 0.3) is 0 Å². The van der Waals surface area contributed by atoms with E-state index in [1.54, 1.807) is 50.2 Å². The number of hydrogen-bond acceptors (Lipinski definition) is 7. The third-order valence-corrected chi connectivity index (χ3v) is 5.94. The highest BCUT2D eigenvalue weighted by molar-refractivity contribution is 8.27. The van der Waals surface area contributed by atoms with Gasteiger partial charge in [0.15, 0.2) is 0 Å². The molecule has 0 saturated carbocycles. The summed E-state index contributed by atoms with van der Waals surface area (Å²) in [5.41, 5.74) is 0. The van der Waals surface area contributed by atoms with Crippen molar-refractivity contribution in [1.29, 1.82) is 0 Å². The Morgan fingerprint density at radius 1 is 1.20 bits per heavy atom. The van der Waals surface area contributed by atoms with Gasteiger partial charge in [0.1, 0.15) is 22.7 Å². The van der Waals surface area contributed by atoms with Gasteiger partial charge >= 0.3 is 5.91 Å². The molecule has 0 aliphatic heterocycles. The van der Waals surface area contributed by atoms with Gasteiger partial charge in [0.05, 0.1) is 11.3 Å². The molecule has 0 unspecified atom stereocenters. The van der Waals surface area contributed by atoms with Gasteiger partial charge in [-0.25, -0.2) is 4.79 Å². The van der Waals surface area contributed by atoms with E-state index in [1.165, 1.54) is 19.2 Å². The van der Waals surface area contributed by atoms with E-state index in [2.05, 4.69) is 10.4 Å². The number of hydrogen-bond donors (Lipinski definition) is 3. The molecule has 2 aromatic carbocycles. The van der Waals surface area contributed by atoms with Crippen LogP contribution in [0.4, 0.5) is 0 Å². The first-order valence-electron chi connectivity index (χ1n) is 9.04. The van der Waals surface area contributed by atoms with Crippen molar-refractivity contribution in [3.63, 3.8) is 0 Å². The number of nitrogens with one attached hydrogen (secondary N) is 1. The first-order chi connectivity index (χ1) is 14.1. The summed E-state index contributed by atoms with van der Waals surface area (Å²) < 4.78 is 27.0. The van der Waals surface area contributed by atoms with Gasteiger partial charge in [-0.3, -0.25) is 9.11 Å². The molecule has 2 aromatic rings. The van der Waals surface area contributed by atoms with Gasteiger partial charge in [0, 0.05) is 17.2 Å². The van der Waals surface area contributed by atoms with E-state index in [9.17, 15) is 19.1 Å². The molecule has 3 N–H and O–H groups in total. The standard InChI is InChI=1S/C20H24ClN3O5S/c1-14(2)12-20(25)24(26)23-13-19(22-3)30(27,28)18-10-8-17(9-11-18)29-16-6-4-15(21)5-7-16/h4-11,13-14,22,27-28H,12H2,1-3H3. The number of hydroxylamine groups is 1. The van der Waals surface area contributed by atoms with Gasteiger partial charge in [0.2, 0.25) is 0 Å². The highest BCUT2D eigenvalue weighted by atomic mass is 35.5. The van der Waals surface area contributed by atoms with E-state index >= 15 is 0 Å². The number of halogens is 1. The summed E-state index contributed by atoms with van der Waals surface area (Å²) >= 11 is 5.84. The van der Waals surface area contributed by atoms with Crippen LogP contribution in [0.25, 0.3) is 0 Å². The predicted molar refractivity (Wildman–Crippen MR) is 117 cm³/mol. The topological polar surface area (TPSA) is 117 Å². The van der Waals surface area contributed by atoms with Crippen LogP contribution in [0.5, 0.6) is 11.5 Å². The molecule has 2 rings (SSSR count). The fourth-order valence-corrected chi connectivity index (χ4v) is 3.71. The monoisotopic (exact) mass is 453 g/mol. The number of nitrogens with zero attached hydrogens (tertiary/aromatic N) is 2. The second kappa shape index (κ2) is 10.4. The van der Waals surface area contributed by atoms with Crippen LogP contribution < -0.4 is 10.1 Å². The van der Waals surface area contributed by atoms with Crippen molar-refractivity contribution in [3.05, 3.63) is 70.0 Å². The van der Waals surface area contributed by atoms with Gasteiger partial charge in [-0.15, -0.1) is 10.6 Å². The number of benzene rings is 2. The van der Waals surface area contributed by atoms with Crippen molar-refractivity contribution >= 4 is 28.1 Å². The van der Waals surface area contributed by atoms with Crippen LogP contribution in [0.3, 0.4) is 0 Å². The Bertz CT molecular complexity index is 928. The van der Waals surface area contributed by atoms with Crippen molar-refractivity contribution in [3.8, 4) is 11.5 Å². The van der Waals surface area contributed by atoms with Crippen LogP contribution in [0.1, 0.15) is 20.3 Å². The van der Waals surface area contributed by atoms with Crippen LogP contribution in [-0.2, 0) is 4.79 Å². The molecule has 10 heteroatoms. The molecule has 0 aliphatic rings. The fraction of sp³-hybridized carbons (Fsp3) is 0.250. The predicted octanol–water partition coefficient (Wildman–Crippen LogP) is 5.80. The van der Waals surface area contributed by atoms with Crippen LogP contribution in [0, 0.1) is 11.1 Å². The summed E-state index contributed by atoms with van der Waals surface area (Å²) in [4.78, 5) is 11.8. The molecule has 0 radical (unpaired) electrons. The molecule has 162 valence electrons. The lowest BCUT2D eigenvalue weighted by Crippen LogP contribution is -2.16. The van der Waals surface area contributed by atoms with Crippen molar-refractivity contribution < 1.29 is 23.5 Å². The van der Waals surface area contributed by atoms with Crippen LogP contribution >= 0.6 is 22.2 Å². The molecule has 1 amide bonds. The van der Waals surface area contributed by atoms with E-state index in [1.807, 2.05) is 0 Å². The molecule has 30 heavy (non-hydrogen) atoms. The second-order valence-electron chi connectivity index (χ2n) is 6.70. The summed E-state index contributed by atoms with van der Waals surface area (Å²) in [5.74, 6) is 0.360. The molecule has 8 nitrogen and oxygen atoms in total. The lowest BCUT2D eigenvalue weighted by molar-refractivity contribution is -0.446. The second-order valence-corrected chi connectivity index (χ2v) is 9.15. The Balaban J connectivity index is 2.18. The molecule has 0 atom stereocenters. The molecular formula is C20H24ClN3O5S. The third-order valence-electron chi connectivity index (χ3n) is 3.83. The zero-order valence-corrected chi connectivity index (χ0v) is 18.4. The van der Waals surface area contributed by atoms with Gasteiger partial charge < -0.3 is 15.3 Å². The van der Waals surface area contributed by atoms with E-state index in [0.29, 0.717) is 16.5 Å². The number of carbonyl (C=O) groups is 1. The van der Waals surface area contributed by atoms with Crippen molar-refractivity contribution in [2.24, 2.45) is 11.0 Å². The molecule has 0 fully saturated rings. The quantitative estimate of drug-likeness (QED) is 0.264. The molecule has 0 saturated heterocycles. The van der Waals surface area contributed by atoms with Crippen LogP contribution in [-0.4, -0.2) is 26.9 Å². The average molecular weight is 454 g/mol. The Morgan fingerprint density at radius 3 is 2.23 bits per heavy atom. The zero-order valence-electron chi connectivity index (χ0n) is 16.8. The van der Waals surface area contributed by atoms with Crippen LogP contribution in [0.15, 0.2) is 69.8 Å². The smallest absolute Gasteiger partial charge is 0.423 e. The Morgan fingerprint density at radius 2 is 1.73 bits per heavy atom. The number of amides is 1. The minimum atomic E-state index is -3.48. The SMILES string of the molecule is CNC(=CN=[N+]([O-])C(=O)CC(C)C)S(O)(O)c1ccc(Oc2ccc(Cl)cc2)cc1. The Labute approximate surface area is 181 Å². The third kappa shape index (κ3) is 6.46. The lowest BCUT2D eigenvalue weighted by Gasteiger charge is -2.33. The lowest BCUT2D eigenvalue weighted by atomic mass is 10.1. The summed E-state index contributed by atoms with van der Waals surface area (Å²) in [6, 6.07) is 12.9. The molecule has 0 heterocycles. The molecule has 0 aliphatic carbocycles. The van der Waals surface area contributed by atoms with Gasteiger partial charge in [-0.05, 0) is 59.3 Å². The van der Waals surface area contributed by atoms with Crippen molar-refractivity contribution in [2.75, 3.05) is 7.05 Å². The Hall–Kier alpha value is -2.59. The number of azo groups is 1. The number of rotatable bonds is 8. The van der Waals surface area contributed by atoms with Crippen LogP contribution in [0.2, 0.25) is 5.02 Å². The van der Waals surface area contributed by atoms with Gasteiger partial charge in [-0.2, -0.15) is 0 Å². The van der Waals surface area contributed by atoms with E-state index in [0.717, 1.165) is 6.20 Å². The Kier molecular flexibility index (Phi) is 8.24. The van der Waals surface area contributed by atoms with E-state index in [4.69, 9.17) is 16.3 Å². The van der Waals surface area contributed by atoms with E-state index < -0.39 is 16.5 Å². The summed E-state index contributed by atoms with van der Waals surface area (Å²) in [6.07, 6.45) is 0.986. The molecule has 0 bridgehead atoms. The maximum absolute atomic E-state index is 11.8. The largest absolute Gasteiger partial charge is 0.592 e. The highest BCUT2D eigenvalue weighted by Crippen LogP contribution is 2.54. The number of ether oxygens (including phenoxy) is 1. The minimum Gasteiger partial charge on any atom is -0.592 e. The normalized spacial score (nSPS) is 13.3. The minimum absolute atomic E-state index is 0.00547. The summed E-state index contributed by atoms with van der Waals surface area (Å²) in [7, 11) is -2.03. The summed E-state index contributed by atoms with van der Waals surface area (Å²) in [6.45, 7) is 3.61. The maximum atomic E-state index is 11.8.